The predicted molar refractivity (Wildman–Crippen MR) is 84.7 cm³/mol. The molecule has 3 amide bonds. The van der Waals surface area contributed by atoms with E-state index in [1.165, 1.54) is 11.8 Å². The quantitative estimate of drug-likeness (QED) is 0.825. The summed E-state index contributed by atoms with van der Waals surface area (Å²) in [4.78, 5) is 36.9. The second-order valence-corrected chi connectivity index (χ2v) is 6.51. The first-order chi connectivity index (χ1) is 11.0. The van der Waals surface area contributed by atoms with Crippen molar-refractivity contribution in [3.05, 3.63) is 18.2 Å². The highest BCUT2D eigenvalue weighted by Crippen LogP contribution is 2.32. The van der Waals surface area contributed by atoms with Crippen LogP contribution in [0.15, 0.2) is 18.2 Å². The SMILES string of the molecule is C[C@H]1SCC(=O)N(CC(=O)Nc2ccc3c(c2)OCCO3)C1=O. The second-order valence-electron chi connectivity index (χ2n) is 5.18. The van der Waals surface area contributed by atoms with E-state index in [9.17, 15) is 14.4 Å². The lowest BCUT2D eigenvalue weighted by Gasteiger charge is -2.27. The summed E-state index contributed by atoms with van der Waals surface area (Å²) in [6.45, 7) is 2.40. The third kappa shape index (κ3) is 3.42. The van der Waals surface area contributed by atoms with Crippen LogP contribution in [0.25, 0.3) is 0 Å². The Bertz CT molecular complexity index is 663. The molecule has 1 aromatic rings. The van der Waals surface area contributed by atoms with E-state index >= 15 is 0 Å². The third-order valence-electron chi connectivity index (χ3n) is 3.50. The fourth-order valence-corrected chi connectivity index (χ4v) is 3.14. The molecule has 122 valence electrons. The summed E-state index contributed by atoms with van der Waals surface area (Å²) in [6, 6.07) is 5.05. The van der Waals surface area contributed by atoms with Crippen LogP contribution in [0.2, 0.25) is 0 Å². The molecule has 23 heavy (non-hydrogen) atoms. The van der Waals surface area contributed by atoms with Gasteiger partial charge in [-0.15, -0.1) is 11.8 Å². The molecule has 3 rings (SSSR count). The molecule has 0 saturated carbocycles. The predicted octanol–water partition coefficient (Wildman–Crippen LogP) is 0.887. The van der Waals surface area contributed by atoms with Crippen LogP contribution in [0.3, 0.4) is 0 Å². The van der Waals surface area contributed by atoms with Crippen LogP contribution >= 0.6 is 11.8 Å². The topological polar surface area (TPSA) is 84.9 Å². The van der Waals surface area contributed by atoms with Crippen molar-refractivity contribution in [3.63, 3.8) is 0 Å². The molecule has 8 heteroatoms. The lowest BCUT2D eigenvalue weighted by atomic mass is 10.2. The molecule has 0 aliphatic carbocycles. The lowest BCUT2D eigenvalue weighted by Crippen LogP contribution is -2.49. The monoisotopic (exact) mass is 336 g/mol. The smallest absolute Gasteiger partial charge is 0.244 e. The Balaban J connectivity index is 1.65. The van der Waals surface area contributed by atoms with Crippen molar-refractivity contribution >= 4 is 35.2 Å². The van der Waals surface area contributed by atoms with Crippen LogP contribution in [-0.2, 0) is 14.4 Å². The van der Waals surface area contributed by atoms with Gasteiger partial charge in [-0.1, -0.05) is 0 Å². The lowest BCUT2D eigenvalue weighted by molar-refractivity contribution is -0.145. The Kier molecular flexibility index (Phi) is 4.42. The number of anilines is 1. The molecule has 2 heterocycles. The number of nitrogens with one attached hydrogen (secondary N) is 1. The highest BCUT2D eigenvalue weighted by atomic mass is 32.2. The maximum absolute atomic E-state index is 12.1. The van der Waals surface area contributed by atoms with Crippen molar-refractivity contribution in [1.29, 1.82) is 0 Å². The van der Waals surface area contributed by atoms with E-state index in [0.29, 0.717) is 30.4 Å². The average Bonchev–Trinajstić information content (AvgIpc) is 2.55. The van der Waals surface area contributed by atoms with E-state index in [1.807, 2.05) is 0 Å². The zero-order valence-corrected chi connectivity index (χ0v) is 13.4. The molecule has 2 aliphatic rings. The maximum Gasteiger partial charge on any atom is 0.244 e. The molecular weight excluding hydrogens is 320 g/mol. The number of hydrogen-bond donors (Lipinski definition) is 1. The Morgan fingerprint density at radius 1 is 1.30 bits per heavy atom. The third-order valence-corrected chi connectivity index (χ3v) is 4.61. The zero-order valence-electron chi connectivity index (χ0n) is 12.5. The van der Waals surface area contributed by atoms with Gasteiger partial charge in [0.1, 0.15) is 19.8 Å². The molecule has 1 N–H and O–H groups in total. The number of benzene rings is 1. The fraction of sp³-hybridized carbons (Fsp3) is 0.400. The Labute approximate surface area is 137 Å². The summed E-state index contributed by atoms with van der Waals surface area (Å²) in [5, 5.41) is 2.36. The first-order valence-corrected chi connectivity index (χ1v) is 8.25. The minimum Gasteiger partial charge on any atom is -0.486 e. The molecule has 0 unspecified atom stereocenters. The first-order valence-electron chi connectivity index (χ1n) is 7.20. The molecule has 7 nitrogen and oxygen atoms in total. The van der Waals surface area contributed by atoms with Gasteiger partial charge in [-0.2, -0.15) is 0 Å². The zero-order chi connectivity index (χ0) is 16.4. The molecule has 0 radical (unpaired) electrons. The Hall–Kier alpha value is -2.22. The summed E-state index contributed by atoms with van der Waals surface area (Å²) in [5.41, 5.74) is 0.526. The summed E-state index contributed by atoms with van der Waals surface area (Å²) in [6.07, 6.45) is 0. The van der Waals surface area contributed by atoms with Crippen LogP contribution in [0.4, 0.5) is 5.69 Å². The van der Waals surface area contributed by atoms with Crippen LogP contribution in [-0.4, -0.2) is 53.4 Å². The van der Waals surface area contributed by atoms with E-state index in [1.54, 1.807) is 25.1 Å². The van der Waals surface area contributed by atoms with Gasteiger partial charge in [0.2, 0.25) is 17.7 Å². The number of hydrogen-bond acceptors (Lipinski definition) is 6. The standard InChI is InChI=1S/C15H16N2O5S/c1-9-15(20)17(14(19)8-23-9)7-13(18)16-10-2-3-11-12(6-10)22-5-4-21-11/h2-3,6,9H,4-5,7-8H2,1H3,(H,16,18)/t9-/m1/s1. The van der Waals surface area contributed by atoms with Crippen molar-refractivity contribution in [2.45, 2.75) is 12.2 Å². The number of nitrogens with zero attached hydrogens (tertiary/aromatic N) is 1. The largest absolute Gasteiger partial charge is 0.486 e. The number of thioether (sulfide) groups is 1. The van der Waals surface area contributed by atoms with E-state index < -0.39 is 5.91 Å². The number of fused-ring (bicyclic) bond motifs is 1. The van der Waals surface area contributed by atoms with Crippen molar-refractivity contribution in [2.24, 2.45) is 0 Å². The minimum atomic E-state index is -0.428. The number of amides is 3. The van der Waals surface area contributed by atoms with Crippen LogP contribution in [0, 0.1) is 0 Å². The highest BCUT2D eigenvalue weighted by Gasteiger charge is 2.33. The van der Waals surface area contributed by atoms with Crippen molar-refractivity contribution in [1.82, 2.24) is 4.90 Å². The van der Waals surface area contributed by atoms with Gasteiger partial charge >= 0.3 is 0 Å². The van der Waals surface area contributed by atoms with Gasteiger partial charge in [-0.05, 0) is 19.1 Å². The maximum atomic E-state index is 12.1. The van der Waals surface area contributed by atoms with Crippen molar-refractivity contribution in [2.75, 3.05) is 30.8 Å². The average molecular weight is 336 g/mol. The van der Waals surface area contributed by atoms with E-state index in [-0.39, 0.29) is 29.4 Å². The number of carbonyl (C=O) groups is 3. The molecule has 1 atom stereocenters. The summed E-state index contributed by atoms with van der Waals surface area (Å²) < 4.78 is 10.9. The molecule has 2 aliphatic heterocycles. The molecule has 0 bridgehead atoms. The van der Waals surface area contributed by atoms with Gasteiger partial charge in [-0.3, -0.25) is 19.3 Å². The number of rotatable bonds is 3. The molecular formula is C15H16N2O5S. The van der Waals surface area contributed by atoms with Gasteiger partial charge in [0.25, 0.3) is 0 Å². The van der Waals surface area contributed by atoms with Crippen LogP contribution in [0.1, 0.15) is 6.92 Å². The second kappa shape index (κ2) is 6.49. The summed E-state index contributed by atoms with van der Waals surface area (Å²) >= 11 is 1.28. The summed E-state index contributed by atoms with van der Waals surface area (Å²) in [5.74, 6) is 0.302. The molecule has 0 spiro atoms. The van der Waals surface area contributed by atoms with Crippen LogP contribution < -0.4 is 14.8 Å². The number of imide groups is 1. The van der Waals surface area contributed by atoms with E-state index in [0.717, 1.165) is 4.90 Å². The Morgan fingerprint density at radius 3 is 2.83 bits per heavy atom. The normalized spacial score (nSPS) is 20.4. The van der Waals surface area contributed by atoms with Crippen molar-refractivity contribution in [3.8, 4) is 11.5 Å². The first kappa shape index (κ1) is 15.7. The molecule has 1 aromatic carbocycles. The fourth-order valence-electron chi connectivity index (χ4n) is 2.32. The van der Waals surface area contributed by atoms with Crippen molar-refractivity contribution < 1.29 is 23.9 Å². The molecule has 1 fully saturated rings. The van der Waals surface area contributed by atoms with Gasteiger partial charge in [0.05, 0.1) is 11.0 Å². The summed E-state index contributed by atoms with van der Waals surface area (Å²) in [7, 11) is 0. The Morgan fingerprint density at radius 2 is 2.04 bits per heavy atom. The van der Waals surface area contributed by atoms with Gasteiger partial charge in [0, 0.05) is 11.8 Å². The van der Waals surface area contributed by atoms with Crippen LogP contribution in [0.5, 0.6) is 11.5 Å². The molecule has 0 aromatic heterocycles. The minimum absolute atomic E-state index is 0.213. The van der Waals surface area contributed by atoms with E-state index in [2.05, 4.69) is 5.32 Å². The van der Waals surface area contributed by atoms with E-state index in [4.69, 9.17) is 9.47 Å². The number of ether oxygens (including phenoxy) is 2. The van der Waals surface area contributed by atoms with Gasteiger partial charge in [0.15, 0.2) is 11.5 Å². The number of carbonyl (C=O) groups excluding carboxylic acids is 3. The molecule has 1 saturated heterocycles. The highest BCUT2D eigenvalue weighted by molar-refractivity contribution is 8.01. The van der Waals surface area contributed by atoms with Gasteiger partial charge < -0.3 is 14.8 Å². The van der Waals surface area contributed by atoms with Gasteiger partial charge in [-0.25, -0.2) is 0 Å².